The number of aromatic nitrogens is 1. The fourth-order valence-electron chi connectivity index (χ4n) is 1.30. The molecule has 0 aromatic carbocycles. The van der Waals surface area contributed by atoms with Gasteiger partial charge in [0.15, 0.2) is 5.75 Å². The van der Waals surface area contributed by atoms with Crippen LogP contribution in [-0.2, 0) is 11.2 Å². The normalized spacial score (nSPS) is 10.1. The quantitative estimate of drug-likeness (QED) is 0.865. The van der Waals surface area contributed by atoms with Crippen LogP contribution in [0.2, 0.25) is 0 Å². The Hall–Kier alpha value is -2.23. The standard InChI is InChI=1S/C10H8F2N2O3/c1-17-9-5(4-13)2-6(3-7(15)16)14-8(9)10(11)12/h2,10H,3H2,1H3,(H,15,16). The third kappa shape index (κ3) is 2.87. The number of hydrogen-bond donors (Lipinski definition) is 1. The van der Waals surface area contributed by atoms with Crippen molar-refractivity contribution in [2.45, 2.75) is 12.8 Å². The number of nitrogens with zero attached hydrogens (tertiary/aromatic N) is 2. The molecule has 0 saturated heterocycles. The number of nitriles is 1. The van der Waals surface area contributed by atoms with Crippen molar-refractivity contribution >= 4 is 5.97 Å². The van der Waals surface area contributed by atoms with E-state index in [2.05, 4.69) is 9.72 Å². The summed E-state index contributed by atoms with van der Waals surface area (Å²) in [4.78, 5) is 13.9. The molecule has 1 heterocycles. The Kier molecular flexibility index (Phi) is 3.93. The molecule has 1 aromatic heterocycles. The van der Waals surface area contributed by atoms with Crippen LogP contribution in [0, 0.1) is 11.3 Å². The third-order valence-corrected chi connectivity index (χ3v) is 1.92. The fourth-order valence-corrected chi connectivity index (χ4v) is 1.30. The topological polar surface area (TPSA) is 83.2 Å². The minimum Gasteiger partial charge on any atom is -0.493 e. The summed E-state index contributed by atoms with van der Waals surface area (Å²) in [5.74, 6) is -1.54. The minimum atomic E-state index is -2.94. The lowest BCUT2D eigenvalue weighted by molar-refractivity contribution is -0.136. The van der Waals surface area contributed by atoms with Crippen molar-refractivity contribution in [2.24, 2.45) is 0 Å². The average molecular weight is 242 g/mol. The number of carboxylic acid groups (broad SMARTS) is 1. The van der Waals surface area contributed by atoms with Crippen LogP contribution >= 0.6 is 0 Å². The van der Waals surface area contributed by atoms with Crippen LogP contribution < -0.4 is 4.74 Å². The van der Waals surface area contributed by atoms with Crippen LogP contribution in [0.3, 0.4) is 0 Å². The van der Waals surface area contributed by atoms with Gasteiger partial charge < -0.3 is 9.84 Å². The van der Waals surface area contributed by atoms with E-state index in [-0.39, 0.29) is 17.0 Å². The van der Waals surface area contributed by atoms with Gasteiger partial charge in [-0.1, -0.05) is 0 Å². The second-order valence-corrected chi connectivity index (χ2v) is 3.06. The Morgan fingerprint density at radius 1 is 1.71 bits per heavy atom. The maximum atomic E-state index is 12.6. The SMILES string of the molecule is COc1c(C#N)cc(CC(=O)O)nc1C(F)F. The number of carbonyl (C=O) groups is 1. The number of hydrogen-bond acceptors (Lipinski definition) is 4. The zero-order chi connectivity index (χ0) is 13.0. The van der Waals surface area contributed by atoms with Gasteiger partial charge in [-0.15, -0.1) is 0 Å². The van der Waals surface area contributed by atoms with Crippen LogP contribution in [0.15, 0.2) is 6.07 Å². The second kappa shape index (κ2) is 5.21. The number of aliphatic carboxylic acids is 1. The lowest BCUT2D eigenvalue weighted by Crippen LogP contribution is -2.07. The maximum absolute atomic E-state index is 12.6. The van der Waals surface area contributed by atoms with E-state index in [1.54, 1.807) is 6.07 Å². The number of carboxylic acids is 1. The van der Waals surface area contributed by atoms with Crippen molar-refractivity contribution in [3.05, 3.63) is 23.0 Å². The van der Waals surface area contributed by atoms with E-state index < -0.39 is 24.5 Å². The smallest absolute Gasteiger partial charge is 0.309 e. The average Bonchev–Trinajstić information content (AvgIpc) is 2.26. The van der Waals surface area contributed by atoms with Crippen molar-refractivity contribution in [2.75, 3.05) is 7.11 Å². The summed E-state index contributed by atoms with van der Waals surface area (Å²) in [7, 11) is 1.14. The molecule has 0 aliphatic carbocycles. The highest BCUT2D eigenvalue weighted by Gasteiger charge is 2.21. The Labute approximate surface area is 95.3 Å². The third-order valence-electron chi connectivity index (χ3n) is 1.92. The summed E-state index contributed by atoms with van der Waals surface area (Å²) in [5.41, 5.74) is -0.984. The molecule has 0 aliphatic heterocycles. The van der Waals surface area contributed by atoms with Crippen LogP contribution in [0.25, 0.3) is 0 Å². The molecule has 1 aromatic rings. The first-order valence-electron chi connectivity index (χ1n) is 4.47. The number of halogens is 2. The van der Waals surface area contributed by atoms with Gasteiger partial charge in [-0.05, 0) is 6.07 Å². The molecule has 0 unspecified atom stereocenters. The van der Waals surface area contributed by atoms with Crippen LogP contribution in [-0.4, -0.2) is 23.2 Å². The summed E-state index contributed by atoms with van der Waals surface area (Å²) in [6.07, 6.45) is -3.47. The first-order valence-corrected chi connectivity index (χ1v) is 4.47. The van der Waals surface area contributed by atoms with Gasteiger partial charge >= 0.3 is 5.97 Å². The highest BCUT2D eigenvalue weighted by atomic mass is 19.3. The van der Waals surface area contributed by atoms with Gasteiger partial charge in [0.1, 0.15) is 11.8 Å². The molecule has 1 N–H and O–H groups in total. The lowest BCUT2D eigenvalue weighted by atomic mass is 10.1. The van der Waals surface area contributed by atoms with Crippen molar-refractivity contribution in [1.29, 1.82) is 5.26 Å². The van der Waals surface area contributed by atoms with E-state index in [0.29, 0.717) is 0 Å². The number of alkyl halides is 2. The minimum absolute atomic E-state index is 0.106. The Balaban J connectivity index is 3.36. The Morgan fingerprint density at radius 3 is 2.76 bits per heavy atom. The van der Waals surface area contributed by atoms with Crippen molar-refractivity contribution in [3.8, 4) is 11.8 Å². The van der Waals surface area contributed by atoms with Gasteiger partial charge in [-0.2, -0.15) is 5.26 Å². The highest BCUT2D eigenvalue weighted by Crippen LogP contribution is 2.30. The van der Waals surface area contributed by atoms with E-state index in [1.807, 2.05) is 0 Å². The monoisotopic (exact) mass is 242 g/mol. The molecule has 0 spiro atoms. The second-order valence-electron chi connectivity index (χ2n) is 3.06. The molecule has 90 valence electrons. The van der Waals surface area contributed by atoms with E-state index in [0.717, 1.165) is 13.2 Å². The molecule has 1 rings (SSSR count). The summed E-state index contributed by atoms with van der Waals surface area (Å²) in [6.45, 7) is 0. The van der Waals surface area contributed by atoms with Gasteiger partial charge in [-0.3, -0.25) is 4.79 Å². The number of ether oxygens (including phenoxy) is 1. The maximum Gasteiger partial charge on any atom is 0.309 e. The first kappa shape index (κ1) is 12.8. The summed E-state index contributed by atoms with van der Waals surface area (Å²) in [5, 5.41) is 17.3. The fraction of sp³-hybridized carbons (Fsp3) is 0.300. The zero-order valence-corrected chi connectivity index (χ0v) is 8.78. The number of pyridine rings is 1. The molecule has 7 heteroatoms. The van der Waals surface area contributed by atoms with Gasteiger partial charge in [0.2, 0.25) is 0 Å². The molecule has 0 bridgehead atoms. The van der Waals surface area contributed by atoms with Crippen molar-refractivity contribution in [3.63, 3.8) is 0 Å². The van der Waals surface area contributed by atoms with Crippen LogP contribution in [0.1, 0.15) is 23.4 Å². The number of methoxy groups -OCH3 is 1. The van der Waals surface area contributed by atoms with Crippen LogP contribution in [0.4, 0.5) is 8.78 Å². The molecule has 5 nitrogen and oxygen atoms in total. The van der Waals surface area contributed by atoms with E-state index in [1.165, 1.54) is 0 Å². The van der Waals surface area contributed by atoms with E-state index >= 15 is 0 Å². The van der Waals surface area contributed by atoms with Gasteiger partial charge in [-0.25, -0.2) is 13.8 Å². The molecular formula is C10H8F2N2O3. The molecule has 17 heavy (non-hydrogen) atoms. The lowest BCUT2D eigenvalue weighted by Gasteiger charge is -2.10. The van der Waals surface area contributed by atoms with Gasteiger partial charge in [0.25, 0.3) is 6.43 Å². The summed E-state index contributed by atoms with van der Waals surface area (Å²) in [6, 6.07) is 2.79. The molecule has 0 fully saturated rings. The first-order chi connectivity index (χ1) is 7.99. The van der Waals surface area contributed by atoms with E-state index in [4.69, 9.17) is 10.4 Å². The largest absolute Gasteiger partial charge is 0.493 e. The molecule has 0 saturated carbocycles. The zero-order valence-electron chi connectivity index (χ0n) is 8.78. The Morgan fingerprint density at radius 2 is 2.35 bits per heavy atom. The van der Waals surface area contributed by atoms with Crippen LogP contribution in [0.5, 0.6) is 5.75 Å². The molecule has 0 aliphatic rings. The van der Waals surface area contributed by atoms with Crippen molar-refractivity contribution in [1.82, 2.24) is 4.98 Å². The molecule has 0 radical (unpaired) electrons. The predicted octanol–water partition coefficient (Wildman–Crippen LogP) is 1.53. The number of rotatable bonds is 4. The van der Waals surface area contributed by atoms with E-state index in [9.17, 15) is 13.6 Å². The predicted molar refractivity (Wildman–Crippen MR) is 51.8 cm³/mol. The van der Waals surface area contributed by atoms with Gasteiger partial charge in [0, 0.05) is 0 Å². The van der Waals surface area contributed by atoms with Gasteiger partial charge in [0.05, 0.1) is 24.8 Å². The Bertz CT molecular complexity index is 483. The highest BCUT2D eigenvalue weighted by molar-refractivity contribution is 5.70. The van der Waals surface area contributed by atoms with Crippen molar-refractivity contribution < 1.29 is 23.4 Å². The molecular weight excluding hydrogens is 234 g/mol. The summed E-state index contributed by atoms with van der Waals surface area (Å²) < 4.78 is 30.0. The summed E-state index contributed by atoms with van der Waals surface area (Å²) >= 11 is 0. The molecule has 0 amide bonds. The molecule has 0 atom stereocenters.